The van der Waals surface area contributed by atoms with Crippen molar-refractivity contribution in [3.8, 4) is 6.07 Å². The molecular formula is C11H21N3. The Hall–Kier alpha value is -0.590. The standard InChI is InChI=1S/C11H21N3/c1-10-4-5-11(8-10,9-12)13-6-7-14(2)3/h10,13H,4-8H2,1-3H3. The van der Waals surface area contributed by atoms with E-state index in [0.717, 1.165) is 25.9 Å². The summed E-state index contributed by atoms with van der Waals surface area (Å²) in [4.78, 5) is 2.14. The first-order valence-corrected chi connectivity index (χ1v) is 5.39. The van der Waals surface area contributed by atoms with Gasteiger partial charge < -0.3 is 4.90 Å². The summed E-state index contributed by atoms with van der Waals surface area (Å²) in [6, 6.07) is 2.45. The Morgan fingerprint density at radius 1 is 1.57 bits per heavy atom. The van der Waals surface area contributed by atoms with Crippen LogP contribution in [0.2, 0.25) is 0 Å². The van der Waals surface area contributed by atoms with E-state index < -0.39 is 0 Å². The Bertz CT molecular complexity index is 219. The quantitative estimate of drug-likeness (QED) is 0.733. The van der Waals surface area contributed by atoms with E-state index in [1.54, 1.807) is 0 Å². The lowest BCUT2D eigenvalue weighted by Gasteiger charge is -2.23. The molecular weight excluding hydrogens is 174 g/mol. The Morgan fingerprint density at radius 2 is 2.29 bits per heavy atom. The number of nitrogens with one attached hydrogen (secondary N) is 1. The van der Waals surface area contributed by atoms with Gasteiger partial charge in [0.25, 0.3) is 0 Å². The Balaban J connectivity index is 2.36. The monoisotopic (exact) mass is 195 g/mol. The van der Waals surface area contributed by atoms with E-state index in [9.17, 15) is 5.26 Å². The molecule has 1 saturated carbocycles. The van der Waals surface area contributed by atoms with Gasteiger partial charge in [-0.3, -0.25) is 5.32 Å². The van der Waals surface area contributed by atoms with Gasteiger partial charge in [0, 0.05) is 13.1 Å². The first-order valence-electron chi connectivity index (χ1n) is 5.39. The van der Waals surface area contributed by atoms with Crippen molar-refractivity contribution in [1.29, 1.82) is 5.26 Å². The molecule has 1 aliphatic carbocycles. The molecule has 3 heteroatoms. The Labute approximate surface area is 87.1 Å². The summed E-state index contributed by atoms with van der Waals surface area (Å²) in [5.74, 6) is 0.696. The lowest BCUT2D eigenvalue weighted by molar-refractivity contribution is 0.350. The predicted molar refractivity (Wildman–Crippen MR) is 57.9 cm³/mol. The molecule has 80 valence electrons. The topological polar surface area (TPSA) is 39.1 Å². The molecule has 14 heavy (non-hydrogen) atoms. The zero-order chi connectivity index (χ0) is 10.6. The molecule has 0 bridgehead atoms. The molecule has 2 unspecified atom stereocenters. The normalized spacial score (nSPS) is 32.1. The molecule has 1 fully saturated rings. The van der Waals surface area contributed by atoms with E-state index in [1.807, 2.05) is 0 Å². The van der Waals surface area contributed by atoms with Crippen molar-refractivity contribution in [2.75, 3.05) is 27.2 Å². The highest BCUT2D eigenvalue weighted by Gasteiger charge is 2.36. The van der Waals surface area contributed by atoms with Crippen LogP contribution in [-0.2, 0) is 0 Å². The molecule has 0 aromatic carbocycles. The van der Waals surface area contributed by atoms with Crippen LogP contribution in [0, 0.1) is 17.2 Å². The molecule has 0 spiro atoms. The minimum Gasteiger partial charge on any atom is -0.308 e. The van der Waals surface area contributed by atoms with Crippen molar-refractivity contribution in [3.63, 3.8) is 0 Å². The number of nitrogens with zero attached hydrogens (tertiary/aromatic N) is 2. The van der Waals surface area contributed by atoms with Crippen LogP contribution in [-0.4, -0.2) is 37.6 Å². The fourth-order valence-corrected chi connectivity index (χ4v) is 2.11. The zero-order valence-electron chi connectivity index (χ0n) is 9.51. The maximum atomic E-state index is 9.17. The third-order valence-electron chi connectivity index (χ3n) is 3.00. The molecule has 0 heterocycles. The van der Waals surface area contributed by atoms with Gasteiger partial charge in [0.1, 0.15) is 5.54 Å². The van der Waals surface area contributed by atoms with Crippen molar-refractivity contribution >= 4 is 0 Å². The van der Waals surface area contributed by atoms with E-state index in [1.165, 1.54) is 6.42 Å². The summed E-state index contributed by atoms with van der Waals surface area (Å²) >= 11 is 0. The van der Waals surface area contributed by atoms with Crippen molar-refractivity contribution < 1.29 is 0 Å². The van der Waals surface area contributed by atoms with Gasteiger partial charge in [-0.15, -0.1) is 0 Å². The van der Waals surface area contributed by atoms with Crippen LogP contribution in [0.3, 0.4) is 0 Å². The predicted octanol–water partition coefficient (Wildman–Crippen LogP) is 1.22. The molecule has 3 nitrogen and oxygen atoms in total. The summed E-state index contributed by atoms with van der Waals surface area (Å²) in [6.07, 6.45) is 3.21. The number of hydrogen-bond acceptors (Lipinski definition) is 3. The lowest BCUT2D eigenvalue weighted by atomic mass is 9.98. The smallest absolute Gasteiger partial charge is 0.107 e. The first-order chi connectivity index (χ1) is 6.58. The first kappa shape index (κ1) is 11.5. The van der Waals surface area contributed by atoms with Crippen LogP contribution < -0.4 is 5.32 Å². The average Bonchev–Trinajstić information content (AvgIpc) is 2.48. The molecule has 0 radical (unpaired) electrons. The summed E-state index contributed by atoms with van der Waals surface area (Å²) in [7, 11) is 4.11. The maximum Gasteiger partial charge on any atom is 0.107 e. The molecule has 0 aromatic rings. The van der Waals surface area contributed by atoms with Gasteiger partial charge in [-0.05, 0) is 39.3 Å². The summed E-state index contributed by atoms with van der Waals surface area (Å²) < 4.78 is 0. The van der Waals surface area contributed by atoms with Gasteiger partial charge in [-0.25, -0.2) is 0 Å². The van der Waals surface area contributed by atoms with Crippen molar-refractivity contribution in [2.24, 2.45) is 5.92 Å². The summed E-state index contributed by atoms with van der Waals surface area (Å²) in [5.41, 5.74) is -0.227. The molecule has 0 amide bonds. The second-order valence-electron chi connectivity index (χ2n) is 4.77. The van der Waals surface area contributed by atoms with Gasteiger partial charge in [0.05, 0.1) is 6.07 Å². The number of nitriles is 1. The van der Waals surface area contributed by atoms with Gasteiger partial charge in [0.15, 0.2) is 0 Å². The third kappa shape index (κ3) is 2.97. The molecule has 0 saturated heterocycles. The molecule has 1 N–H and O–H groups in total. The Kier molecular flexibility index (Phi) is 3.91. The lowest BCUT2D eigenvalue weighted by Crippen LogP contribution is -2.44. The molecule has 1 rings (SSSR count). The fourth-order valence-electron chi connectivity index (χ4n) is 2.11. The Morgan fingerprint density at radius 3 is 2.71 bits per heavy atom. The molecule has 1 aliphatic rings. The maximum absolute atomic E-state index is 9.17. The van der Waals surface area contributed by atoms with E-state index in [2.05, 4.69) is 37.3 Å². The number of hydrogen-bond donors (Lipinski definition) is 1. The highest BCUT2D eigenvalue weighted by Crippen LogP contribution is 2.33. The minimum absolute atomic E-state index is 0.227. The van der Waals surface area contributed by atoms with Crippen LogP contribution >= 0.6 is 0 Å². The number of likely N-dealkylation sites (N-methyl/N-ethyl adjacent to an activating group) is 1. The van der Waals surface area contributed by atoms with Gasteiger partial charge in [-0.1, -0.05) is 6.92 Å². The second kappa shape index (κ2) is 4.77. The minimum atomic E-state index is -0.227. The van der Waals surface area contributed by atoms with Crippen LogP contribution in [0.25, 0.3) is 0 Å². The fraction of sp³-hybridized carbons (Fsp3) is 0.909. The van der Waals surface area contributed by atoms with Crippen LogP contribution in [0.5, 0.6) is 0 Å². The molecule has 2 atom stereocenters. The SMILES string of the molecule is CC1CCC(C#N)(NCCN(C)C)C1. The van der Waals surface area contributed by atoms with Gasteiger partial charge >= 0.3 is 0 Å². The van der Waals surface area contributed by atoms with Gasteiger partial charge in [0.2, 0.25) is 0 Å². The van der Waals surface area contributed by atoms with E-state index in [0.29, 0.717) is 5.92 Å². The van der Waals surface area contributed by atoms with E-state index in [-0.39, 0.29) is 5.54 Å². The largest absolute Gasteiger partial charge is 0.308 e. The molecule has 0 aliphatic heterocycles. The number of rotatable bonds is 4. The van der Waals surface area contributed by atoms with Crippen molar-refractivity contribution in [3.05, 3.63) is 0 Å². The van der Waals surface area contributed by atoms with Gasteiger partial charge in [-0.2, -0.15) is 5.26 Å². The third-order valence-corrected chi connectivity index (χ3v) is 3.00. The van der Waals surface area contributed by atoms with Crippen LogP contribution in [0.4, 0.5) is 0 Å². The van der Waals surface area contributed by atoms with E-state index in [4.69, 9.17) is 0 Å². The highest BCUT2D eigenvalue weighted by molar-refractivity contribution is 5.11. The zero-order valence-corrected chi connectivity index (χ0v) is 9.51. The van der Waals surface area contributed by atoms with Crippen molar-refractivity contribution in [1.82, 2.24) is 10.2 Å². The van der Waals surface area contributed by atoms with Crippen LogP contribution in [0.15, 0.2) is 0 Å². The average molecular weight is 195 g/mol. The second-order valence-corrected chi connectivity index (χ2v) is 4.77. The van der Waals surface area contributed by atoms with Crippen molar-refractivity contribution in [2.45, 2.75) is 31.7 Å². The highest BCUT2D eigenvalue weighted by atomic mass is 15.1. The summed E-state index contributed by atoms with van der Waals surface area (Å²) in [5, 5.41) is 12.6. The molecule has 0 aromatic heterocycles. The summed E-state index contributed by atoms with van der Waals surface area (Å²) in [6.45, 7) is 4.14. The van der Waals surface area contributed by atoms with Crippen LogP contribution in [0.1, 0.15) is 26.2 Å². The van der Waals surface area contributed by atoms with E-state index >= 15 is 0 Å².